The van der Waals surface area contributed by atoms with E-state index in [1.54, 1.807) is 29.2 Å². The summed E-state index contributed by atoms with van der Waals surface area (Å²) in [5.41, 5.74) is 3.54. The molecule has 4 rings (SSSR count). The Bertz CT molecular complexity index is 1320. The Morgan fingerprint density at radius 2 is 1.76 bits per heavy atom. The molecule has 1 aliphatic heterocycles. The zero-order valence-corrected chi connectivity index (χ0v) is 22.9. The van der Waals surface area contributed by atoms with Gasteiger partial charge in [0.25, 0.3) is 11.7 Å². The fourth-order valence-corrected chi connectivity index (χ4v) is 4.94. The molecule has 0 radical (unpaired) electrons. The van der Waals surface area contributed by atoms with E-state index in [1.807, 2.05) is 68.4 Å². The van der Waals surface area contributed by atoms with Crippen molar-refractivity contribution in [1.82, 2.24) is 9.80 Å². The second-order valence-corrected chi connectivity index (χ2v) is 10.4. The third kappa shape index (κ3) is 6.29. The summed E-state index contributed by atoms with van der Waals surface area (Å²) in [7, 11) is 3.93. The van der Waals surface area contributed by atoms with Gasteiger partial charge in [0.2, 0.25) is 0 Å². The molecular formula is C30H31BrN2O4. The van der Waals surface area contributed by atoms with Crippen LogP contribution in [0.2, 0.25) is 0 Å². The van der Waals surface area contributed by atoms with Crippen LogP contribution in [0.5, 0.6) is 5.75 Å². The van der Waals surface area contributed by atoms with Crippen molar-refractivity contribution in [3.63, 3.8) is 0 Å². The number of halogens is 1. The zero-order chi connectivity index (χ0) is 26.5. The van der Waals surface area contributed by atoms with Crippen LogP contribution in [0.3, 0.4) is 0 Å². The van der Waals surface area contributed by atoms with Crippen molar-refractivity contribution in [3.05, 3.63) is 105 Å². The first-order valence-corrected chi connectivity index (χ1v) is 13.0. The normalized spacial score (nSPS) is 17.0. The van der Waals surface area contributed by atoms with Crippen LogP contribution in [0.1, 0.15) is 34.7 Å². The average molecular weight is 563 g/mol. The zero-order valence-electron chi connectivity index (χ0n) is 21.3. The van der Waals surface area contributed by atoms with E-state index < -0.39 is 17.7 Å². The molecule has 6 nitrogen and oxygen atoms in total. The first-order chi connectivity index (χ1) is 17.7. The van der Waals surface area contributed by atoms with Crippen molar-refractivity contribution in [2.75, 3.05) is 27.2 Å². The lowest BCUT2D eigenvalue weighted by molar-refractivity contribution is -0.139. The molecule has 1 heterocycles. The highest BCUT2D eigenvalue weighted by atomic mass is 79.9. The predicted molar refractivity (Wildman–Crippen MR) is 148 cm³/mol. The van der Waals surface area contributed by atoms with E-state index in [0.29, 0.717) is 30.9 Å². The third-order valence-corrected chi connectivity index (χ3v) is 6.82. The summed E-state index contributed by atoms with van der Waals surface area (Å²) in [6, 6.07) is 21.9. The standard InChI is InChI=1S/C30H31BrN2O4/c1-20-7-4-8-21(17-20)19-37-25-13-11-22(12-14-25)28(34)26-27(23-9-5-10-24(31)18-23)33(30(36)29(26)35)16-6-15-32(2)3/h4-5,7-14,17-18,27,34H,6,15-16,19H2,1-3H3. The fourth-order valence-electron chi connectivity index (χ4n) is 4.52. The van der Waals surface area contributed by atoms with Gasteiger partial charge in [0.1, 0.15) is 18.1 Å². The van der Waals surface area contributed by atoms with Gasteiger partial charge in [-0.25, -0.2) is 0 Å². The van der Waals surface area contributed by atoms with Crippen LogP contribution >= 0.6 is 15.9 Å². The smallest absolute Gasteiger partial charge is 0.295 e. The minimum absolute atomic E-state index is 0.0985. The van der Waals surface area contributed by atoms with Crippen molar-refractivity contribution >= 4 is 33.4 Å². The summed E-state index contributed by atoms with van der Waals surface area (Å²) >= 11 is 3.49. The number of aliphatic hydroxyl groups is 1. The SMILES string of the molecule is Cc1cccc(COc2ccc(C(O)=C3C(=O)C(=O)N(CCCN(C)C)C3c3cccc(Br)c3)cc2)c1. The minimum atomic E-state index is -0.674. The van der Waals surface area contributed by atoms with Crippen molar-refractivity contribution in [3.8, 4) is 5.75 Å². The molecule has 1 aliphatic rings. The molecule has 1 atom stereocenters. The molecule has 1 saturated heterocycles. The molecule has 0 spiro atoms. The molecule has 1 fully saturated rings. The van der Waals surface area contributed by atoms with Crippen LogP contribution in [0.15, 0.2) is 82.8 Å². The number of benzene rings is 3. The Morgan fingerprint density at radius 1 is 1.03 bits per heavy atom. The first kappa shape index (κ1) is 26.6. The molecule has 1 N–H and O–H groups in total. The van der Waals surface area contributed by atoms with Crippen molar-refractivity contribution in [1.29, 1.82) is 0 Å². The Morgan fingerprint density at radius 3 is 2.43 bits per heavy atom. The number of carbonyl (C=O) groups excluding carboxylic acids is 2. The number of rotatable bonds is 9. The molecule has 0 saturated carbocycles. The van der Waals surface area contributed by atoms with E-state index in [2.05, 4.69) is 22.0 Å². The molecule has 0 aromatic heterocycles. The number of Topliss-reactive ketones (excluding diaryl/α,β-unsaturated/α-hetero) is 1. The van der Waals surface area contributed by atoms with Gasteiger partial charge < -0.3 is 19.6 Å². The number of amides is 1. The largest absolute Gasteiger partial charge is 0.507 e. The number of ether oxygens (including phenoxy) is 1. The van der Waals surface area contributed by atoms with Crippen LogP contribution < -0.4 is 4.74 Å². The molecular weight excluding hydrogens is 532 g/mol. The number of nitrogens with zero attached hydrogens (tertiary/aromatic N) is 2. The second kappa shape index (κ2) is 11.8. The highest BCUT2D eigenvalue weighted by molar-refractivity contribution is 9.10. The summed E-state index contributed by atoms with van der Waals surface area (Å²) in [6.45, 7) is 3.64. The average Bonchev–Trinajstić information content (AvgIpc) is 3.12. The highest BCUT2D eigenvalue weighted by Crippen LogP contribution is 2.40. The van der Waals surface area contributed by atoms with Gasteiger partial charge in [0.15, 0.2) is 0 Å². The molecule has 0 aliphatic carbocycles. The van der Waals surface area contributed by atoms with Crippen LogP contribution in [0.4, 0.5) is 0 Å². The van der Waals surface area contributed by atoms with E-state index in [9.17, 15) is 14.7 Å². The molecule has 3 aromatic carbocycles. The van der Waals surface area contributed by atoms with Crippen LogP contribution in [0.25, 0.3) is 5.76 Å². The Kier molecular flexibility index (Phi) is 8.46. The van der Waals surface area contributed by atoms with Crippen LogP contribution in [0, 0.1) is 6.92 Å². The summed E-state index contributed by atoms with van der Waals surface area (Å²) in [4.78, 5) is 29.9. The summed E-state index contributed by atoms with van der Waals surface area (Å²) in [5, 5.41) is 11.3. The minimum Gasteiger partial charge on any atom is -0.507 e. The summed E-state index contributed by atoms with van der Waals surface area (Å²) in [6.07, 6.45) is 0.706. The van der Waals surface area contributed by atoms with Crippen LogP contribution in [-0.4, -0.2) is 53.8 Å². The predicted octanol–water partition coefficient (Wildman–Crippen LogP) is 5.71. The first-order valence-electron chi connectivity index (χ1n) is 12.2. The number of carbonyl (C=O) groups is 2. The highest BCUT2D eigenvalue weighted by Gasteiger charge is 2.45. The van der Waals surface area contributed by atoms with Gasteiger partial charge in [0.05, 0.1) is 11.6 Å². The summed E-state index contributed by atoms with van der Waals surface area (Å²) < 4.78 is 6.73. The molecule has 7 heteroatoms. The van der Waals surface area contributed by atoms with Crippen molar-refractivity contribution in [2.45, 2.75) is 26.0 Å². The fraction of sp³-hybridized carbons (Fsp3) is 0.267. The van der Waals surface area contributed by atoms with Crippen LogP contribution in [-0.2, 0) is 16.2 Å². The monoisotopic (exact) mass is 562 g/mol. The van der Waals surface area contributed by atoms with Crippen molar-refractivity contribution < 1.29 is 19.4 Å². The Hall–Kier alpha value is -3.42. The number of likely N-dealkylation sites (tertiary alicyclic amines) is 1. The maximum atomic E-state index is 13.2. The number of hydrogen-bond donors (Lipinski definition) is 1. The van der Waals surface area contributed by atoms with Gasteiger partial charge in [-0.15, -0.1) is 0 Å². The molecule has 1 amide bonds. The van der Waals surface area contributed by atoms with Crippen molar-refractivity contribution in [2.24, 2.45) is 0 Å². The van der Waals surface area contributed by atoms with E-state index in [0.717, 1.165) is 22.1 Å². The lowest BCUT2D eigenvalue weighted by atomic mass is 9.95. The van der Waals surface area contributed by atoms with E-state index >= 15 is 0 Å². The molecule has 3 aromatic rings. The van der Waals surface area contributed by atoms with Gasteiger partial charge in [-0.05, 0) is 81.5 Å². The van der Waals surface area contributed by atoms with E-state index in [1.165, 1.54) is 5.56 Å². The number of aliphatic hydroxyl groups excluding tert-OH is 1. The lowest BCUT2D eigenvalue weighted by Gasteiger charge is -2.26. The molecule has 0 bridgehead atoms. The number of aryl methyl sites for hydroxylation is 1. The molecule has 37 heavy (non-hydrogen) atoms. The maximum absolute atomic E-state index is 13.2. The van der Waals surface area contributed by atoms with Gasteiger partial charge in [0, 0.05) is 16.6 Å². The molecule has 1 unspecified atom stereocenters. The topological polar surface area (TPSA) is 70.1 Å². The van der Waals surface area contributed by atoms with E-state index in [4.69, 9.17) is 4.74 Å². The third-order valence-electron chi connectivity index (χ3n) is 6.32. The maximum Gasteiger partial charge on any atom is 0.295 e. The Balaban J connectivity index is 1.63. The Labute approximate surface area is 226 Å². The van der Waals surface area contributed by atoms with Gasteiger partial charge in [-0.3, -0.25) is 9.59 Å². The van der Waals surface area contributed by atoms with E-state index in [-0.39, 0.29) is 11.3 Å². The van der Waals surface area contributed by atoms with Gasteiger partial charge in [-0.2, -0.15) is 0 Å². The van der Waals surface area contributed by atoms with Gasteiger partial charge in [-0.1, -0.05) is 57.9 Å². The number of hydrogen-bond acceptors (Lipinski definition) is 5. The molecule has 192 valence electrons. The number of ketones is 1. The summed E-state index contributed by atoms with van der Waals surface area (Å²) in [5.74, 6) is -0.815. The lowest BCUT2D eigenvalue weighted by Crippen LogP contribution is -2.32. The quantitative estimate of drug-likeness (QED) is 0.205. The second-order valence-electron chi connectivity index (χ2n) is 9.51. The van der Waals surface area contributed by atoms with Gasteiger partial charge >= 0.3 is 0 Å².